The summed E-state index contributed by atoms with van der Waals surface area (Å²) in [5.41, 5.74) is 0.940. The molecule has 0 aromatic carbocycles. The Bertz CT molecular complexity index is 177. The van der Waals surface area contributed by atoms with E-state index in [9.17, 15) is 0 Å². The summed E-state index contributed by atoms with van der Waals surface area (Å²) in [4.78, 5) is 4.46. The van der Waals surface area contributed by atoms with Crippen LogP contribution >= 0.6 is 11.5 Å². The molecule has 0 aliphatic rings. The lowest BCUT2D eigenvalue weighted by Crippen LogP contribution is -2.08. The Labute approximate surface area is 63.1 Å². The maximum Gasteiger partial charge on any atom is 0.0807 e. The van der Waals surface area contributed by atoms with Crippen molar-refractivity contribution in [2.75, 3.05) is 6.61 Å². The minimum Gasteiger partial charge on any atom is -0.304 e. The van der Waals surface area contributed by atoms with Crippen LogP contribution < -0.4 is 5.90 Å². The number of hydrogen-bond donors (Lipinski definition) is 1. The van der Waals surface area contributed by atoms with Crippen LogP contribution in [0.4, 0.5) is 0 Å². The quantitative estimate of drug-likeness (QED) is 0.653. The molecule has 0 bridgehead atoms. The zero-order chi connectivity index (χ0) is 7.40. The Morgan fingerprint density at radius 1 is 1.90 bits per heavy atom. The highest BCUT2D eigenvalue weighted by Crippen LogP contribution is 2.12. The van der Waals surface area contributed by atoms with Crippen molar-refractivity contribution in [2.24, 2.45) is 5.90 Å². The van der Waals surface area contributed by atoms with Gasteiger partial charge in [-0.3, -0.25) is 0 Å². The van der Waals surface area contributed by atoms with E-state index in [0.717, 1.165) is 5.69 Å². The largest absolute Gasteiger partial charge is 0.304 e. The van der Waals surface area contributed by atoms with E-state index in [0.29, 0.717) is 6.61 Å². The highest BCUT2D eigenvalue weighted by atomic mass is 32.1. The van der Waals surface area contributed by atoms with E-state index in [2.05, 4.69) is 14.4 Å². The van der Waals surface area contributed by atoms with Crippen molar-refractivity contribution in [3.8, 4) is 0 Å². The number of hydrogen-bond acceptors (Lipinski definition) is 5. The van der Waals surface area contributed by atoms with E-state index in [1.807, 2.05) is 12.3 Å². The number of rotatable bonds is 3. The molecular weight excluding hydrogens is 150 g/mol. The topological polar surface area (TPSA) is 61.0 Å². The van der Waals surface area contributed by atoms with Gasteiger partial charge in [0.1, 0.15) is 0 Å². The van der Waals surface area contributed by atoms with Crippen molar-refractivity contribution in [1.29, 1.82) is 0 Å². The molecule has 1 aromatic rings. The van der Waals surface area contributed by atoms with E-state index in [4.69, 9.17) is 5.90 Å². The van der Waals surface area contributed by atoms with E-state index >= 15 is 0 Å². The molecule has 1 heterocycles. The molecule has 5 heteroatoms. The normalized spacial score (nSPS) is 13.4. The molecule has 0 saturated heterocycles. The molecule has 0 aliphatic heterocycles. The third kappa shape index (κ3) is 1.73. The fraction of sp³-hybridized carbons (Fsp3) is 0.600. The molecule has 56 valence electrons. The van der Waals surface area contributed by atoms with Gasteiger partial charge in [-0.25, -0.2) is 5.90 Å². The zero-order valence-electron chi connectivity index (χ0n) is 5.65. The van der Waals surface area contributed by atoms with Crippen LogP contribution in [-0.4, -0.2) is 16.2 Å². The van der Waals surface area contributed by atoms with Crippen LogP contribution in [0.5, 0.6) is 0 Å². The summed E-state index contributed by atoms with van der Waals surface area (Å²) in [6, 6.07) is 0. The summed E-state index contributed by atoms with van der Waals surface area (Å²) in [5.74, 6) is 5.13. The van der Waals surface area contributed by atoms with Crippen LogP contribution in [-0.2, 0) is 4.84 Å². The lowest BCUT2D eigenvalue weighted by atomic mass is 10.1. The first kappa shape index (κ1) is 7.59. The fourth-order valence-electron chi connectivity index (χ4n) is 0.616. The van der Waals surface area contributed by atoms with E-state index in [1.54, 1.807) is 0 Å². The summed E-state index contributed by atoms with van der Waals surface area (Å²) in [5, 5.41) is 5.76. The standard InChI is InChI=1S/C5H9N3OS/c1-4(2-9-6)5-3-10-8-7-5/h3-4H,2,6H2,1H3. The monoisotopic (exact) mass is 159 g/mol. The lowest BCUT2D eigenvalue weighted by Gasteiger charge is -2.03. The first-order valence-electron chi connectivity index (χ1n) is 2.93. The van der Waals surface area contributed by atoms with Gasteiger partial charge in [0.2, 0.25) is 0 Å². The van der Waals surface area contributed by atoms with Crippen LogP contribution in [0.25, 0.3) is 0 Å². The van der Waals surface area contributed by atoms with Gasteiger partial charge >= 0.3 is 0 Å². The summed E-state index contributed by atoms with van der Waals surface area (Å²) < 4.78 is 3.72. The lowest BCUT2D eigenvalue weighted by molar-refractivity contribution is 0.126. The molecule has 1 aromatic heterocycles. The van der Waals surface area contributed by atoms with E-state index in [1.165, 1.54) is 11.5 Å². The summed E-state index contributed by atoms with van der Waals surface area (Å²) >= 11 is 1.34. The van der Waals surface area contributed by atoms with Gasteiger partial charge < -0.3 is 4.84 Å². The summed E-state index contributed by atoms with van der Waals surface area (Å²) in [7, 11) is 0. The number of nitrogens with zero attached hydrogens (tertiary/aromatic N) is 2. The van der Waals surface area contributed by atoms with E-state index < -0.39 is 0 Å². The molecule has 0 radical (unpaired) electrons. The van der Waals surface area contributed by atoms with Gasteiger partial charge in [-0.15, -0.1) is 5.10 Å². The van der Waals surface area contributed by atoms with Gasteiger partial charge in [-0.05, 0) is 11.5 Å². The van der Waals surface area contributed by atoms with Crippen LogP contribution in [0.15, 0.2) is 5.38 Å². The fourth-order valence-corrected chi connectivity index (χ4v) is 1.19. The van der Waals surface area contributed by atoms with Crippen LogP contribution in [0.1, 0.15) is 18.5 Å². The van der Waals surface area contributed by atoms with Crippen LogP contribution in [0.3, 0.4) is 0 Å². The molecule has 10 heavy (non-hydrogen) atoms. The van der Waals surface area contributed by atoms with Gasteiger partial charge in [0.05, 0.1) is 12.3 Å². The second-order valence-electron chi connectivity index (χ2n) is 2.06. The average Bonchev–Trinajstić information content (AvgIpc) is 2.38. The van der Waals surface area contributed by atoms with Gasteiger partial charge in [-0.1, -0.05) is 11.4 Å². The Hall–Kier alpha value is -0.520. The first-order valence-corrected chi connectivity index (χ1v) is 3.77. The molecule has 0 saturated carbocycles. The zero-order valence-corrected chi connectivity index (χ0v) is 6.47. The third-order valence-electron chi connectivity index (χ3n) is 1.23. The maximum absolute atomic E-state index is 4.89. The molecule has 0 spiro atoms. The highest BCUT2D eigenvalue weighted by Gasteiger charge is 2.06. The highest BCUT2D eigenvalue weighted by molar-refractivity contribution is 7.03. The number of nitrogens with two attached hydrogens (primary N) is 1. The van der Waals surface area contributed by atoms with Crippen LogP contribution in [0, 0.1) is 0 Å². The summed E-state index contributed by atoms with van der Waals surface area (Å²) in [6.45, 7) is 2.48. The van der Waals surface area contributed by atoms with Gasteiger partial charge in [0.15, 0.2) is 0 Å². The SMILES string of the molecule is CC(CON)c1csnn1. The Kier molecular flexibility index (Phi) is 2.73. The molecule has 2 N–H and O–H groups in total. The smallest absolute Gasteiger partial charge is 0.0807 e. The Morgan fingerprint density at radius 3 is 3.20 bits per heavy atom. The van der Waals surface area contributed by atoms with Crippen molar-refractivity contribution in [1.82, 2.24) is 9.59 Å². The maximum atomic E-state index is 4.89. The molecule has 0 amide bonds. The van der Waals surface area contributed by atoms with Gasteiger partial charge in [-0.2, -0.15) is 0 Å². The summed E-state index contributed by atoms with van der Waals surface area (Å²) in [6.07, 6.45) is 0. The van der Waals surface area contributed by atoms with Crippen molar-refractivity contribution in [2.45, 2.75) is 12.8 Å². The first-order chi connectivity index (χ1) is 4.84. The Balaban J connectivity index is 2.50. The average molecular weight is 159 g/mol. The minimum atomic E-state index is 0.240. The molecule has 1 unspecified atom stereocenters. The molecule has 1 atom stereocenters. The van der Waals surface area contributed by atoms with Gasteiger partial charge in [0.25, 0.3) is 0 Å². The molecule has 0 fully saturated rings. The molecule has 1 rings (SSSR count). The minimum absolute atomic E-state index is 0.240. The van der Waals surface area contributed by atoms with Crippen molar-refractivity contribution >= 4 is 11.5 Å². The van der Waals surface area contributed by atoms with Crippen molar-refractivity contribution < 1.29 is 4.84 Å². The second kappa shape index (κ2) is 3.60. The van der Waals surface area contributed by atoms with Gasteiger partial charge in [0, 0.05) is 11.3 Å². The molecule has 4 nitrogen and oxygen atoms in total. The predicted molar refractivity (Wildman–Crippen MR) is 38.5 cm³/mol. The predicted octanol–water partition coefficient (Wildman–Crippen LogP) is 0.532. The van der Waals surface area contributed by atoms with Crippen molar-refractivity contribution in [3.05, 3.63) is 11.1 Å². The second-order valence-corrected chi connectivity index (χ2v) is 2.67. The van der Waals surface area contributed by atoms with E-state index in [-0.39, 0.29) is 5.92 Å². The molecular formula is C5H9N3OS. The van der Waals surface area contributed by atoms with Crippen molar-refractivity contribution in [3.63, 3.8) is 0 Å². The third-order valence-corrected chi connectivity index (χ3v) is 1.75. The van der Waals surface area contributed by atoms with Crippen LogP contribution in [0.2, 0.25) is 0 Å². The number of aromatic nitrogens is 2. The molecule has 0 aliphatic carbocycles. The Morgan fingerprint density at radius 2 is 2.70 bits per heavy atom.